The zero-order chi connectivity index (χ0) is 29.8. The molecular formula is C30H31NO8S2. The summed E-state index contributed by atoms with van der Waals surface area (Å²) in [6.45, 7) is 3.17. The Hall–Kier alpha value is -4.09. The van der Waals surface area contributed by atoms with Crippen molar-refractivity contribution in [3.63, 3.8) is 0 Å². The van der Waals surface area contributed by atoms with Crippen LogP contribution >= 0.6 is 0 Å². The van der Waals surface area contributed by atoms with Gasteiger partial charge >= 0.3 is 5.97 Å². The van der Waals surface area contributed by atoms with E-state index >= 15 is 0 Å². The summed E-state index contributed by atoms with van der Waals surface area (Å²) in [5.41, 5.74) is 0.688. The van der Waals surface area contributed by atoms with Crippen molar-refractivity contribution in [2.24, 2.45) is 0 Å². The molecule has 0 spiro atoms. The molecule has 4 aromatic rings. The maximum absolute atomic E-state index is 14.0. The first-order valence-corrected chi connectivity index (χ1v) is 15.8. The van der Waals surface area contributed by atoms with Crippen molar-refractivity contribution in [1.29, 1.82) is 0 Å². The van der Waals surface area contributed by atoms with Gasteiger partial charge in [-0.15, -0.1) is 0 Å². The largest absolute Gasteiger partial charge is 0.497 e. The minimum Gasteiger partial charge on any atom is -0.497 e. The van der Waals surface area contributed by atoms with Crippen LogP contribution in [-0.4, -0.2) is 49.7 Å². The van der Waals surface area contributed by atoms with E-state index in [1.54, 1.807) is 49.4 Å². The summed E-state index contributed by atoms with van der Waals surface area (Å²) in [7, 11) is -5.06. The third-order valence-electron chi connectivity index (χ3n) is 6.59. The second kappa shape index (κ2) is 12.2. The Morgan fingerprint density at radius 3 is 1.83 bits per heavy atom. The molecule has 0 amide bonds. The van der Waals surface area contributed by atoms with E-state index in [0.717, 1.165) is 4.31 Å². The highest BCUT2D eigenvalue weighted by atomic mass is 32.2. The molecule has 1 atom stereocenters. The fraction of sp³-hybridized carbons (Fsp3) is 0.233. The van der Waals surface area contributed by atoms with E-state index in [1.807, 2.05) is 0 Å². The van der Waals surface area contributed by atoms with Gasteiger partial charge in [0.05, 0.1) is 42.1 Å². The molecule has 0 aliphatic heterocycles. The number of carbonyl (C=O) groups excluding carboxylic acids is 1. The average Bonchev–Trinajstić information content (AvgIpc) is 2.98. The predicted octanol–water partition coefficient (Wildman–Crippen LogP) is 4.98. The number of fused-ring (bicyclic) bond motifs is 1. The lowest BCUT2D eigenvalue weighted by Crippen LogP contribution is -2.44. The molecule has 0 fully saturated rings. The van der Waals surface area contributed by atoms with Crippen molar-refractivity contribution in [3.05, 3.63) is 90.5 Å². The second-order valence-corrected chi connectivity index (χ2v) is 12.9. The molecule has 0 heterocycles. The molecule has 4 aromatic carbocycles. The first kappa shape index (κ1) is 29.9. The first-order valence-electron chi connectivity index (χ1n) is 12.8. The van der Waals surface area contributed by atoms with Crippen LogP contribution in [0.15, 0.2) is 94.7 Å². The molecule has 0 aliphatic carbocycles. The number of sulfone groups is 1. The van der Waals surface area contributed by atoms with E-state index in [9.17, 15) is 21.6 Å². The SMILES string of the molecule is CCOC(=O)C(C)N(c1ccc(CS(=O)(=O)c2ccc(OC)cc2)c2ccccc12)S(=O)(=O)c1ccc(OC)cc1. The lowest BCUT2D eigenvalue weighted by Gasteiger charge is -2.30. The van der Waals surface area contributed by atoms with Gasteiger partial charge in [-0.05, 0) is 79.4 Å². The quantitative estimate of drug-likeness (QED) is 0.222. The van der Waals surface area contributed by atoms with Crippen LogP contribution < -0.4 is 13.8 Å². The zero-order valence-corrected chi connectivity index (χ0v) is 24.7. The summed E-state index contributed by atoms with van der Waals surface area (Å²) < 4.78 is 71.2. The van der Waals surface area contributed by atoms with Crippen molar-refractivity contribution in [1.82, 2.24) is 0 Å². The van der Waals surface area contributed by atoms with Crippen LogP contribution in [0.4, 0.5) is 5.69 Å². The molecule has 11 heteroatoms. The summed E-state index contributed by atoms with van der Waals surface area (Å²) >= 11 is 0. The van der Waals surface area contributed by atoms with Gasteiger partial charge in [-0.2, -0.15) is 0 Å². The number of ether oxygens (including phenoxy) is 3. The summed E-state index contributed by atoms with van der Waals surface area (Å²) in [5, 5.41) is 0.997. The molecule has 1 unspecified atom stereocenters. The first-order chi connectivity index (χ1) is 19.5. The average molecular weight is 598 g/mol. The van der Waals surface area contributed by atoms with Gasteiger partial charge in [0.2, 0.25) is 0 Å². The van der Waals surface area contributed by atoms with Crippen LogP contribution in [0, 0.1) is 0 Å². The summed E-state index contributed by atoms with van der Waals surface area (Å²) in [6.07, 6.45) is 0. The minimum absolute atomic E-state index is 0.0512. The highest BCUT2D eigenvalue weighted by molar-refractivity contribution is 7.93. The van der Waals surface area contributed by atoms with Gasteiger partial charge in [0.1, 0.15) is 17.5 Å². The number of esters is 1. The fourth-order valence-electron chi connectivity index (χ4n) is 4.50. The number of anilines is 1. The number of sulfonamides is 1. The molecule has 0 aromatic heterocycles. The molecule has 0 bridgehead atoms. The van der Waals surface area contributed by atoms with Gasteiger partial charge in [-0.25, -0.2) is 21.6 Å². The monoisotopic (exact) mass is 597 g/mol. The Morgan fingerprint density at radius 1 is 0.756 bits per heavy atom. The van der Waals surface area contributed by atoms with Crippen molar-refractivity contribution in [2.45, 2.75) is 35.4 Å². The third kappa shape index (κ3) is 6.15. The van der Waals surface area contributed by atoms with Crippen LogP contribution in [0.25, 0.3) is 10.8 Å². The lowest BCUT2D eigenvalue weighted by molar-refractivity contribution is -0.144. The topological polar surface area (TPSA) is 116 Å². The van der Waals surface area contributed by atoms with Gasteiger partial charge in [-0.3, -0.25) is 4.31 Å². The van der Waals surface area contributed by atoms with E-state index in [4.69, 9.17) is 14.2 Å². The van der Waals surface area contributed by atoms with Crippen LogP contribution in [0.5, 0.6) is 11.5 Å². The summed E-state index contributed by atoms with van der Waals surface area (Å²) in [5.74, 6) is -0.0343. The van der Waals surface area contributed by atoms with E-state index in [0.29, 0.717) is 27.8 Å². The van der Waals surface area contributed by atoms with E-state index in [2.05, 4.69) is 0 Å². The molecule has 0 N–H and O–H groups in total. The van der Waals surface area contributed by atoms with Crippen LogP contribution in [0.1, 0.15) is 19.4 Å². The third-order valence-corrected chi connectivity index (χ3v) is 10.2. The van der Waals surface area contributed by atoms with Crippen molar-refractivity contribution < 1.29 is 35.8 Å². The number of carbonyl (C=O) groups is 1. The van der Waals surface area contributed by atoms with Crippen molar-refractivity contribution >= 4 is 42.3 Å². The molecule has 0 radical (unpaired) electrons. The number of hydrogen-bond acceptors (Lipinski definition) is 8. The molecule has 9 nitrogen and oxygen atoms in total. The van der Waals surface area contributed by atoms with Crippen molar-refractivity contribution in [3.8, 4) is 11.5 Å². The summed E-state index contributed by atoms with van der Waals surface area (Å²) in [4.78, 5) is 13.0. The second-order valence-electron chi connectivity index (χ2n) is 9.13. The maximum Gasteiger partial charge on any atom is 0.329 e. The minimum atomic E-state index is -4.28. The number of nitrogens with zero attached hydrogens (tertiary/aromatic N) is 1. The normalized spacial score (nSPS) is 12.5. The van der Waals surface area contributed by atoms with Crippen LogP contribution in [0.2, 0.25) is 0 Å². The van der Waals surface area contributed by atoms with Crippen molar-refractivity contribution in [2.75, 3.05) is 25.1 Å². The van der Waals surface area contributed by atoms with Gasteiger partial charge in [0.15, 0.2) is 9.84 Å². The number of methoxy groups -OCH3 is 2. The molecule has 0 saturated carbocycles. The molecular weight excluding hydrogens is 566 g/mol. The lowest BCUT2D eigenvalue weighted by atomic mass is 10.0. The Bertz CT molecular complexity index is 1750. The molecule has 4 rings (SSSR count). The molecule has 216 valence electrons. The maximum atomic E-state index is 14.0. The van der Waals surface area contributed by atoms with Gasteiger partial charge in [0, 0.05) is 5.39 Å². The molecule has 0 aliphatic rings. The highest BCUT2D eigenvalue weighted by Gasteiger charge is 2.35. The fourth-order valence-corrected chi connectivity index (χ4v) is 7.51. The number of rotatable bonds is 11. The van der Waals surface area contributed by atoms with Gasteiger partial charge < -0.3 is 14.2 Å². The van der Waals surface area contributed by atoms with E-state index in [1.165, 1.54) is 63.6 Å². The Morgan fingerprint density at radius 2 is 1.29 bits per heavy atom. The summed E-state index contributed by atoms with van der Waals surface area (Å²) in [6, 6.07) is 20.7. The Balaban J connectivity index is 1.86. The predicted molar refractivity (Wildman–Crippen MR) is 157 cm³/mol. The zero-order valence-electron chi connectivity index (χ0n) is 23.1. The van der Waals surface area contributed by atoms with Gasteiger partial charge in [-0.1, -0.05) is 30.3 Å². The van der Waals surface area contributed by atoms with Crippen LogP contribution in [0.3, 0.4) is 0 Å². The number of benzene rings is 4. The smallest absolute Gasteiger partial charge is 0.329 e. The Kier molecular flexibility index (Phi) is 8.89. The molecule has 41 heavy (non-hydrogen) atoms. The highest BCUT2D eigenvalue weighted by Crippen LogP contribution is 2.36. The van der Waals surface area contributed by atoms with Crippen LogP contribution in [-0.2, 0) is 35.1 Å². The molecule has 0 saturated heterocycles. The van der Waals surface area contributed by atoms with Gasteiger partial charge in [0.25, 0.3) is 10.0 Å². The van der Waals surface area contributed by atoms with E-state index < -0.39 is 31.9 Å². The van der Waals surface area contributed by atoms with E-state index in [-0.39, 0.29) is 27.8 Å². The standard InChI is InChI=1S/C30H31NO8S2/c1-5-39-30(32)21(2)31(41(35,36)26-17-13-24(38-4)14-18-26)29-19-10-22(27-8-6-7-9-28(27)29)20-40(33,34)25-15-11-23(37-3)12-16-25/h6-19,21H,5,20H2,1-4H3. The number of hydrogen-bond donors (Lipinski definition) is 0. The Labute approximate surface area is 240 Å².